The summed E-state index contributed by atoms with van der Waals surface area (Å²) in [5.41, 5.74) is 4.99. The number of amides is 1. The highest BCUT2D eigenvalue weighted by atomic mass is 16.2. The lowest BCUT2D eigenvalue weighted by Gasteiger charge is -2.07. The van der Waals surface area contributed by atoms with Crippen molar-refractivity contribution < 1.29 is 4.79 Å². The molecule has 0 spiro atoms. The van der Waals surface area contributed by atoms with Gasteiger partial charge in [0.15, 0.2) is 5.65 Å². The third-order valence-corrected chi connectivity index (χ3v) is 4.45. The van der Waals surface area contributed by atoms with Gasteiger partial charge in [-0.2, -0.15) is 5.10 Å². The van der Waals surface area contributed by atoms with Crippen molar-refractivity contribution in [3.05, 3.63) is 53.3 Å². The lowest BCUT2D eigenvalue weighted by molar-refractivity contribution is -0.116. The Bertz CT molecular complexity index is 924. The molecule has 0 aliphatic heterocycles. The minimum atomic E-state index is -0.0939. The number of hydrogen-bond donors (Lipinski definition) is 1. The quantitative estimate of drug-likeness (QED) is 0.799. The number of aryl methyl sites for hydroxylation is 2. The second kappa shape index (κ2) is 5.74. The summed E-state index contributed by atoms with van der Waals surface area (Å²) < 4.78 is 1.71. The van der Waals surface area contributed by atoms with E-state index in [0.717, 1.165) is 28.0 Å². The number of rotatable bonds is 4. The standard InChI is InChI=1S/C19H20N4O/c1-12-4-3-5-15(10-12)21-17(24)11-23-19-18(13(2)22-23)16(8-9-20-19)14-6-7-14/h3-5,8-10,14H,6-7,11H2,1-2H3,(H,21,24). The van der Waals surface area contributed by atoms with Gasteiger partial charge in [-0.05, 0) is 61.9 Å². The number of benzene rings is 1. The summed E-state index contributed by atoms with van der Waals surface area (Å²) in [4.78, 5) is 16.8. The van der Waals surface area contributed by atoms with Gasteiger partial charge in [-0.3, -0.25) is 4.79 Å². The number of aromatic nitrogens is 3. The molecule has 1 aliphatic carbocycles. The molecule has 2 heterocycles. The van der Waals surface area contributed by atoms with Gasteiger partial charge in [0.1, 0.15) is 6.54 Å². The van der Waals surface area contributed by atoms with Gasteiger partial charge in [0.25, 0.3) is 0 Å². The van der Waals surface area contributed by atoms with Crippen LogP contribution >= 0.6 is 0 Å². The molecule has 2 aromatic heterocycles. The zero-order valence-electron chi connectivity index (χ0n) is 13.9. The molecule has 5 heteroatoms. The van der Waals surface area contributed by atoms with E-state index >= 15 is 0 Å². The number of carbonyl (C=O) groups excluding carboxylic acids is 1. The Morgan fingerprint density at radius 2 is 2.12 bits per heavy atom. The number of hydrogen-bond acceptors (Lipinski definition) is 3. The fourth-order valence-electron chi connectivity index (χ4n) is 3.21. The van der Waals surface area contributed by atoms with Crippen molar-refractivity contribution in [1.82, 2.24) is 14.8 Å². The summed E-state index contributed by atoms with van der Waals surface area (Å²) in [5, 5.41) is 8.59. The van der Waals surface area contributed by atoms with E-state index in [1.165, 1.54) is 18.4 Å². The number of pyridine rings is 1. The van der Waals surface area contributed by atoms with E-state index in [1.54, 1.807) is 4.68 Å². The number of carbonyl (C=O) groups is 1. The SMILES string of the molecule is Cc1cccc(NC(=O)Cn2nc(C)c3c(C4CC4)ccnc32)c1. The van der Waals surface area contributed by atoms with E-state index in [2.05, 4.69) is 21.5 Å². The Labute approximate surface area is 140 Å². The molecule has 122 valence electrons. The van der Waals surface area contributed by atoms with Crippen molar-refractivity contribution in [1.29, 1.82) is 0 Å². The van der Waals surface area contributed by atoms with E-state index < -0.39 is 0 Å². The van der Waals surface area contributed by atoms with Crippen LogP contribution in [0.5, 0.6) is 0 Å². The average molecular weight is 320 g/mol. The molecule has 4 rings (SSSR count). The van der Waals surface area contributed by atoms with Crippen LogP contribution in [0.15, 0.2) is 36.5 Å². The van der Waals surface area contributed by atoms with Gasteiger partial charge in [0.2, 0.25) is 5.91 Å². The molecule has 24 heavy (non-hydrogen) atoms. The molecule has 1 N–H and O–H groups in total. The molecule has 1 aliphatic rings. The fourth-order valence-corrected chi connectivity index (χ4v) is 3.21. The predicted octanol–water partition coefficient (Wildman–Crippen LogP) is 3.56. The zero-order valence-corrected chi connectivity index (χ0v) is 13.9. The van der Waals surface area contributed by atoms with Crippen molar-refractivity contribution in [2.45, 2.75) is 39.2 Å². The van der Waals surface area contributed by atoms with Gasteiger partial charge in [-0.1, -0.05) is 12.1 Å². The van der Waals surface area contributed by atoms with Crippen molar-refractivity contribution in [2.75, 3.05) is 5.32 Å². The minimum Gasteiger partial charge on any atom is -0.324 e. The molecule has 0 unspecified atom stereocenters. The topological polar surface area (TPSA) is 59.8 Å². The van der Waals surface area contributed by atoms with E-state index in [0.29, 0.717) is 5.92 Å². The maximum Gasteiger partial charge on any atom is 0.246 e. The normalized spacial score (nSPS) is 14.1. The average Bonchev–Trinajstić information content (AvgIpc) is 3.33. The minimum absolute atomic E-state index is 0.0939. The molecule has 1 amide bonds. The highest BCUT2D eigenvalue weighted by Crippen LogP contribution is 2.43. The van der Waals surface area contributed by atoms with E-state index in [9.17, 15) is 4.79 Å². The van der Waals surface area contributed by atoms with Crippen molar-refractivity contribution in [3.8, 4) is 0 Å². The lowest BCUT2D eigenvalue weighted by Crippen LogP contribution is -2.19. The monoisotopic (exact) mass is 320 g/mol. The molecule has 0 atom stereocenters. The maximum atomic E-state index is 12.4. The third kappa shape index (κ3) is 2.77. The van der Waals surface area contributed by atoms with Gasteiger partial charge in [-0.15, -0.1) is 0 Å². The van der Waals surface area contributed by atoms with E-state index in [-0.39, 0.29) is 12.5 Å². The van der Waals surface area contributed by atoms with Crippen LogP contribution in [0.4, 0.5) is 5.69 Å². The molecule has 1 aromatic carbocycles. The first-order valence-electron chi connectivity index (χ1n) is 8.30. The second-order valence-electron chi connectivity index (χ2n) is 6.53. The molecular formula is C19H20N4O. The first-order chi connectivity index (χ1) is 11.6. The first kappa shape index (κ1) is 14.9. The fraction of sp³-hybridized carbons (Fsp3) is 0.316. The molecule has 0 saturated heterocycles. The van der Waals surface area contributed by atoms with Gasteiger partial charge < -0.3 is 5.32 Å². The predicted molar refractivity (Wildman–Crippen MR) is 94.0 cm³/mol. The summed E-state index contributed by atoms with van der Waals surface area (Å²) in [5.74, 6) is 0.539. The van der Waals surface area contributed by atoms with Gasteiger partial charge in [-0.25, -0.2) is 9.67 Å². The van der Waals surface area contributed by atoms with Gasteiger partial charge >= 0.3 is 0 Å². The Balaban J connectivity index is 1.60. The number of nitrogens with one attached hydrogen (secondary N) is 1. The molecule has 3 aromatic rings. The van der Waals surface area contributed by atoms with Crippen LogP contribution in [-0.2, 0) is 11.3 Å². The zero-order chi connectivity index (χ0) is 16.7. The largest absolute Gasteiger partial charge is 0.324 e. The first-order valence-corrected chi connectivity index (χ1v) is 8.30. The number of anilines is 1. The van der Waals surface area contributed by atoms with E-state index in [4.69, 9.17) is 0 Å². The van der Waals surface area contributed by atoms with Crippen LogP contribution in [0, 0.1) is 13.8 Å². The molecular weight excluding hydrogens is 300 g/mol. The second-order valence-corrected chi connectivity index (χ2v) is 6.53. The van der Waals surface area contributed by atoms with Crippen LogP contribution in [0.2, 0.25) is 0 Å². The van der Waals surface area contributed by atoms with Crippen LogP contribution in [-0.4, -0.2) is 20.7 Å². The van der Waals surface area contributed by atoms with Crippen molar-refractivity contribution in [2.24, 2.45) is 0 Å². The van der Waals surface area contributed by atoms with Gasteiger partial charge in [0, 0.05) is 17.3 Å². The molecule has 5 nitrogen and oxygen atoms in total. The summed E-state index contributed by atoms with van der Waals surface area (Å²) in [6.45, 7) is 4.16. The lowest BCUT2D eigenvalue weighted by atomic mass is 10.1. The highest BCUT2D eigenvalue weighted by molar-refractivity contribution is 5.92. The van der Waals surface area contributed by atoms with Crippen LogP contribution in [0.3, 0.4) is 0 Å². The Hall–Kier alpha value is -2.69. The van der Waals surface area contributed by atoms with Crippen molar-refractivity contribution >= 4 is 22.6 Å². The van der Waals surface area contributed by atoms with Crippen LogP contribution in [0.25, 0.3) is 11.0 Å². The van der Waals surface area contributed by atoms with Gasteiger partial charge in [0.05, 0.1) is 5.69 Å². The summed E-state index contributed by atoms with van der Waals surface area (Å²) in [7, 11) is 0. The van der Waals surface area contributed by atoms with Crippen LogP contribution < -0.4 is 5.32 Å². The van der Waals surface area contributed by atoms with Crippen LogP contribution in [0.1, 0.15) is 35.6 Å². The van der Waals surface area contributed by atoms with Crippen molar-refractivity contribution in [3.63, 3.8) is 0 Å². The number of nitrogens with zero attached hydrogens (tertiary/aromatic N) is 3. The molecule has 0 bridgehead atoms. The molecule has 1 saturated carbocycles. The number of fused-ring (bicyclic) bond motifs is 1. The van der Waals surface area contributed by atoms with E-state index in [1.807, 2.05) is 44.3 Å². The summed E-state index contributed by atoms with van der Waals surface area (Å²) in [6, 6.07) is 9.87. The third-order valence-electron chi connectivity index (χ3n) is 4.45. The Morgan fingerprint density at radius 1 is 1.29 bits per heavy atom. The summed E-state index contributed by atoms with van der Waals surface area (Å²) >= 11 is 0. The molecule has 1 fully saturated rings. The molecule has 0 radical (unpaired) electrons. The smallest absolute Gasteiger partial charge is 0.246 e. The Kier molecular flexibility index (Phi) is 3.56. The maximum absolute atomic E-state index is 12.4. The highest BCUT2D eigenvalue weighted by Gasteiger charge is 2.27. The summed E-state index contributed by atoms with van der Waals surface area (Å²) in [6.07, 6.45) is 4.29. The Morgan fingerprint density at radius 3 is 2.88 bits per heavy atom.